The Morgan fingerprint density at radius 1 is 1.00 bits per heavy atom. The largest absolute Gasteiger partial charge is 0.308 e. The van der Waals surface area contributed by atoms with E-state index in [1.165, 1.54) is 22.5 Å². The van der Waals surface area contributed by atoms with Gasteiger partial charge in [0.15, 0.2) is 10.1 Å². The number of fused-ring (bicyclic) bond motifs is 2. The van der Waals surface area contributed by atoms with Crippen LogP contribution < -0.4 is 4.90 Å². The highest BCUT2D eigenvalue weighted by molar-refractivity contribution is 7.23. The van der Waals surface area contributed by atoms with Gasteiger partial charge in [-0.05, 0) is 57.3 Å². The van der Waals surface area contributed by atoms with Crippen LogP contribution in [0, 0.1) is 13.8 Å². The lowest BCUT2D eigenvalue weighted by atomic mass is 10.1. The molecule has 0 saturated carbocycles. The third-order valence-corrected chi connectivity index (χ3v) is 6.79. The SMILES string of the molecule is Cc1cc(C)c2sc(N(CCN(C)C)C(=O)c3nc4ccccc4s3)nc2c1. The highest BCUT2D eigenvalue weighted by atomic mass is 32.1. The van der Waals surface area contributed by atoms with E-state index < -0.39 is 0 Å². The van der Waals surface area contributed by atoms with Gasteiger partial charge in [-0.2, -0.15) is 0 Å². The zero-order valence-corrected chi connectivity index (χ0v) is 18.0. The summed E-state index contributed by atoms with van der Waals surface area (Å²) in [5, 5.41) is 1.24. The van der Waals surface area contributed by atoms with Gasteiger partial charge in [0, 0.05) is 13.1 Å². The summed E-state index contributed by atoms with van der Waals surface area (Å²) < 4.78 is 2.15. The fourth-order valence-corrected chi connectivity index (χ4v) is 5.10. The Hall–Kier alpha value is -2.35. The van der Waals surface area contributed by atoms with Crippen LogP contribution in [0.2, 0.25) is 0 Å². The van der Waals surface area contributed by atoms with Gasteiger partial charge in [0.05, 0.1) is 20.4 Å². The number of amides is 1. The Bertz CT molecular complexity index is 1130. The maximum absolute atomic E-state index is 13.4. The average Bonchev–Trinajstić information content (AvgIpc) is 3.25. The molecule has 2 aromatic heterocycles. The van der Waals surface area contributed by atoms with Crippen LogP contribution in [0.25, 0.3) is 20.4 Å². The first-order valence-electron chi connectivity index (χ1n) is 9.12. The number of para-hydroxylation sites is 1. The van der Waals surface area contributed by atoms with Gasteiger partial charge in [-0.25, -0.2) is 9.97 Å². The molecule has 1 amide bonds. The smallest absolute Gasteiger partial charge is 0.289 e. The summed E-state index contributed by atoms with van der Waals surface area (Å²) in [4.78, 5) is 26.6. The van der Waals surface area contributed by atoms with Gasteiger partial charge in [-0.1, -0.05) is 29.5 Å². The number of likely N-dealkylation sites (N-methyl/N-ethyl adjacent to an activating group) is 1. The molecule has 4 rings (SSSR count). The van der Waals surface area contributed by atoms with Gasteiger partial charge in [0.1, 0.15) is 0 Å². The molecule has 0 aliphatic carbocycles. The number of aryl methyl sites for hydroxylation is 2. The monoisotopic (exact) mass is 410 g/mol. The van der Waals surface area contributed by atoms with E-state index in [1.54, 1.807) is 16.2 Å². The van der Waals surface area contributed by atoms with Gasteiger partial charge < -0.3 is 4.90 Å². The number of nitrogens with zero attached hydrogens (tertiary/aromatic N) is 4. The number of anilines is 1. The van der Waals surface area contributed by atoms with Crippen molar-refractivity contribution in [1.82, 2.24) is 14.9 Å². The standard InChI is InChI=1S/C21H22N4OS2/c1-13-11-14(2)18-16(12-13)23-21(28-18)25(10-9-24(3)4)20(26)19-22-15-7-5-6-8-17(15)27-19/h5-8,11-12H,9-10H2,1-4H3. The normalized spacial score (nSPS) is 11.6. The molecule has 7 heteroatoms. The van der Waals surface area contributed by atoms with E-state index in [-0.39, 0.29) is 5.91 Å². The first-order valence-corrected chi connectivity index (χ1v) is 10.8. The summed E-state index contributed by atoms with van der Waals surface area (Å²) in [6, 6.07) is 12.1. The number of hydrogen-bond acceptors (Lipinski definition) is 6. The van der Waals surface area contributed by atoms with Crippen molar-refractivity contribution in [3.8, 4) is 0 Å². The maximum Gasteiger partial charge on any atom is 0.289 e. The molecule has 0 aliphatic heterocycles. The van der Waals surface area contributed by atoms with Gasteiger partial charge in [-0.3, -0.25) is 9.69 Å². The van der Waals surface area contributed by atoms with E-state index in [0.717, 1.165) is 32.1 Å². The van der Waals surface area contributed by atoms with Crippen LogP contribution in [0.1, 0.15) is 20.9 Å². The van der Waals surface area contributed by atoms with Gasteiger partial charge in [-0.15, -0.1) is 11.3 Å². The average molecular weight is 411 g/mol. The Morgan fingerprint density at radius 2 is 1.79 bits per heavy atom. The lowest BCUT2D eigenvalue weighted by molar-refractivity contribution is 0.0985. The first-order chi connectivity index (χ1) is 13.4. The molecule has 0 N–H and O–H groups in total. The maximum atomic E-state index is 13.4. The summed E-state index contributed by atoms with van der Waals surface area (Å²) in [5.41, 5.74) is 4.18. The van der Waals surface area contributed by atoms with Crippen molar-refractivity contribution in [2.24, 2.45) is 0 Å². The topological polar surface area (TPSA) is 49.3 Å². The number of aromatic nitrogens is 2. The second kappa shape index (κ2) is 7.58. The molecule has 0 radical (unpaired) electrons. The number of thiazole rings is 2. The van der Waals surface area contributed by atoms with Crippen LogP contribution in [-0.4, -0.2) is 48.0 Å². The first kappa shape index (κ1) is 19.0. The molecule has 4 aromatic rings. The summed E-state index contributed by atoms with van der Waals surface area (Å²) >= 11 is 3.01. The second-order valence-electron chi connectivity index (χ2n) is 7.17. The number of hydrogen-bond donors (Lipinski definition) is 0. The summed E-state index contributed by atoms with van der Waals surface area (Å²) in [5.74, 6) is -0.0866. The van der Waals surface area contributed by atoms with Crippen molar-refractivity contribution >= 4 is 54.1 Å². The van der Waals surface area contributed by atoms with E-state index in [4.69, 9.17) is 4.98 Å². The zero-order valence-electron chi connectivity index (χ0n) is 16.4. The Morgan fingerprint density at radius 3 is 2.54 bits per heavy atom. The fourth-order valence-electron chi connectivity index (χ4n) is 3.14. The van der Waals surface area contributed by atoms with Crippen LogP contribution in [0.3, 0.4) is 0 Å². The summed E-state index contributed by atoms with van der Waals surface area (Å²) in [6.45, 7) is 5.49. The number of benzene rings is 2. The molecule has 0 unspecified atom stereocenters. The lowest BCUT2D eigenvalue weighted by Gasteiger charge is -2.20. The molecule has 0 spiro atoms. The molecule has 144 valence electrons. The highest BCUT2D eigenvalue weighted by Gasteiger charge is 2.24. The molecule has 0 fully saturated rings. The minimum absolute atomic E-state index is 0.0866. The van der Waals surface area contributed by atoms with Gasteiger partial charge >= 0.3 is 0 Å². The summed E-state index contributed by atoms with van der Waals surface area (Å²) in [7, 11) is 4.01. The number of carbonyl (C=O) groups is 1. The van der Waals surface area contributed by atoms with Crippen molar-refractivity contribution < 1.29 is 4.79 Å². The quantitative estimate of drug-likeness (QED) is 0.477. The predicted molar refractivity (Wildman–Crippen MR) is 119 cm³/mol. The Labute approximate surface area is 172 Å². The Kier molecular flexibility index (Phi) is 5.14. The van der Waals surface area contributed by atoms with Crippen LogP contribution in [0.15, 0.2) is 36.4 Å². The molecule has 28 heavy (non-hydrogen) atoms. The molecular weight excluding hydrogens is 388 g/mol. The van der Waals surface area contributed by atoms with Crippen LogP contribution >= 0.6 is 22.7 Å². The van der Waals surface area contributed by atoms with Crippen molar-refractivity contribution in [3.05, 3.63) is 52.5 Å². The third-order valence-electron chi connectivity index (χ3n) is 4.53. The van der Waals surface area contributed by atoms with E-state index in [0.29, 0.717) is 11.6 Å². The van der Waals surface area contributed by atoms with Crippen LogP contribution in [0.4, 0.5) is 5.13 Å². The van der Waals surface area contributed by atoms with Crippen LogP contribution in [-0.2, 0) is 0 Å². The third kappa shape index (κ3) is 3.65. The van der Waals surface area contributed by atoms with Crippen LogP contribution in [0.5, 0.6) is 0 Å². The molecule has 2 aromatic carbocycles. The number of carbonyl (C=O) groups excluding carboxylic acids is 1. The lowest BCUT2D eigenvalue weighted by Crippen LogP contribution is -2.36. The zero-order chi connectivity index (χ0) is 19.8. The van der Waals surface area contributed by atoms with Crippen molar-refractivity contribution in [2.75, 3.05) is 32.1 Å². The Balaban J connectivity index is 1.76. The molecule has 2 heterocycles. The fraction of sp³-hybridized carbons (Fsp3) is 0.286. The van der Waals surface area contributed by atoms with Gasteiger partial charge in [0.2, 0.25) is 0 Å². The second-order valence-corrected chi connectivity index (χ2v) is 9.18. The highest BCUT2D eigenvalue weighted by Crippen LogP contribution is 2.33. The molecule has 5 nitrogen and oxygen atoms in total. The molecule has 0 saturated heterocycles. The van der Waals surface area contributed by atoms with Gasteiger partial charge in [0.25, 0.3) is 5.91 Å². The van der Waals surface area contributed by atoms with E-state index in [1.807, 2.05) is 38.4 Å². The van der Waals surface area contributed by atoms with E-state index in [9.17, 15) is 4.79 Å². The summed E-state index contributed by atoms with van der Waals surface area (Å²) in [6.07, 6.45) is 0. The molecule has 0 atom stereocenters. The minimum atomic E-state index is -0.0866. The van der Waals surface area contributed by atoms with Crippen molar-refractivity contribution in [3.63, 3.8) is 0 Å². The molecular formula is C21H22N4OS2. The van der Waals surface area contributed by atoms with Crippen molar-refractivity contribution in [1.29, 1.82) is 0 Å². The molecule has 0 aliphatic rings. The van der Waals surface area contributed by atoms with E-state index in [2.05, 4.69) is 35.9 Å². The van der Waals surface area contributed by atoms with Crippen molar-refractivity contribution in [2.45, 2.75) is 13.8 Å². The molecule has 0 bridgehead atoms. The predicted octanol–water partition coefficient (Wildman–Crippen LogP) is 4.73. The van der Waals surface area contributed by atoms with E-state index >= 15 is 0 Å². The minimum Gasteiger partial charge on any atom is -0.308 e. The number of rotatable bonds is 5.